The second-order valence-electron chi connectivity index (χ2n) is 3.70. The van der Waals surface area contributed by atoms with Crippen LogP contribution in [0.2, 0.25) is 5.02 Å². The van der Waals surface area contributed by atoms with Gasteiger partial charge in [-0.3, -0.25) is 14.2 Å². The summed E-state index contributed by atoms with van der Waals surface area (Å²) in [6.07, 6.45) is -7.09. The van der Waals surface area contributed by atoms with E-state index in [9.17, 15) is 22.8 Å². The Morgan fingerprint density at radius 1 is 1.39 bits per heavy atom. The molecule has 1 atom stereocenters. The Hall–Kier alpha value is -1.02. The lowest BCUT2D eigenvalue weighted by molar-refractivity contribution is -0.193. The third-order valence-corrected chi connectivity index (χ3v) is 3.43. The van der Waals surface area contributed by atoms with Gasteiger partial charge >= 0.3 is 6.18 Å². The van der Waals surface area contributed by atoms with Crippen LogP contribution in [0.4, 0.5) is 13.2 Å². The Kier molecular flexibility index (Phi) is 2.97. The minimum absolute atomic E-state index is 0.131. The maximum absolute atomic E-state index is 12.9. The molecule has 9 heteroatoms. The van der Waals surface area contributed by atoms with Gasteiger partial charge in [0.2, 0.25) is 6.17 Å². The van der Waals surface area contributed by atoms with Gasteiger partial charge in [-0.1, -0.05) is 11.6 Å². The van der Waals surface area contributed by atoms with Crippen molar-refractivity contribution in [1.82, 2.24) is 9.47 Å². The number of carbonyl (C=O) groups is 1. The Morgan fingerprint density at radius 3 is 2.44 bits per heavy atom. The van der Waals surface area contributed by atoms with E-state index in [0.29, 0.717) is 9.47 Å². The van der Waals surface area contributed by atoms with Gasteiger partial charge in [0, 0.05) is 7.05 Å². The molecule has 2 rings (SSSR count). The zero-order chi connectivity index (χ0) is 13.8. The predicted octanol–water partition coefficient (Wildman–Crippen LogP) is 2.41. The minimum Gasteiger partial charge on any atom is -0.312 e. The van der Waals surface area contributed by atoms with E-state index in [1.165, 1.54) is 0 Å². The van der Waals surface area contributed by atoms with Gasteiger partial charge in [-0.25, -0.2) is 0 Å². The molecular formula is C9H5BrClF3N2O2. The lowest BCUT2D eigenvalue weighted by Gasteiger charge is -2.23. The SMILES string of the molecule is CN1C(=O)c2c(Cl)cc(Br)c(=O)n2C1C(F)(F)F. The number of amides is 1. The molecule has 0 aliphatic carbocycles. The second-order valence-corrected chi connectivity index (χ2v) is 4.96. The summed E-state index contributed by atoms with van der Waals surface area (Å²) in [6.45, 7) is 0. The Balaban J connectivity index is 2.83. The molecule has 0 radical (unpaired) electrons. The Morgan fingerprint density at radius 2 is 1.94 bits per heavy atom. The van der Waals surface area contributed by atoms with Crippen LogP contribution in [0.25, 0.3) is 0 Å². The van der Waals surface area contributed by atoms with Crippen LogP contribution < -0.4 is 5.56 Å². The van der Waals surface area contributed by atoms with Gasteiger partial charge in [0.15, 0.2) is 0 Å². The largest absolute Gasteiger partial charge is 0.428 e. The molecule has 18 heavy (non-hydrogen) atoms. The summed E-state index contributed by atoms with van der Waals surface area (Å²) in [5.41, 5.74) is -1.40. The molecule has 0 spiro atoms. The van der Waals surface area contributed by atoms with Crippen molar-refractivity contribution in [2.75, 3.05) is 7.05 Å². The summed E-state index contributed by atoms with van der Waals surface area (Å²) in [7, 11) is 0.969. The molecular weight excluding hydrogens is 340 g/mol. The van der Waals surface area contributed by atoms with E-state index in [-0.39, 0.29) is 9.50 Å². The van der Waals surface area contributed by atoms with E-state index in [1.807, 2.05) is 0 Å². The van der Waals surface area contributed by atoms with E-state index in [0.717, 1.165) is 13.1 Å². The molecule has 0 saturated heterocycles. The molecule has 0 bridgehead atoms. The van der Waals surface area contributed by atoms with Crippen molar-refractivity contribution < 1.29 is 18.0 Å². The topological polar surface area (TPSA) is 42.3 Å². The summed E-state index contributed by atoms with van der Waals surface area (Å²) in [5, 5.41) is -0.204. The highest BCUT2D eigenvalue weighted by molar-refractivity contribution is 9.10. The average Bonchev–Trinajstić information content (AvgIpc) is 2.48. The number of fused-ring (bicyclic) bond motifs is 1. The summed E-state index contributed by atoms with van der Waals surface area (Å²) >= 11 is 8.54. The first-order valence-electron chi connectivity index (χ1n) is 4.60. The van der Waals surface area contributed by atoms with Gasteiger partial charge in [0.25, 0.3) is 11.5 Å². The fourth-order valence-electron chi connectivity index (χ4n) is 1.83. The molecule has 0 fully saturated rings. The molecule has 98 valence electrons. The van der Waals surface area contributed by atoms with Crippen molar-refractivity contribution in [3.05, 3.63) is 31.6 Å². The minimum atomic E-state index is -4.76. The van der Waals surface area contributed by atoms with Crippen molar-refractivity contribution in [1.29, 1.82) is 0 Å². The lowest BCUT2D eigenvalue weighted by atomic mass is 10.3. The van der Waals surface area contributed by atoms with E-state index >= 15 is 0 Å². The summed E-state index contributed by atoms with van der Waals surface area (Å²) in [4.78, 5) is 23.9. The quantitative estimate of drug-likeness (QED) is 0.725. The lowest BCUT2D eigenvalue weighted by Crippen LogP contribution is -2.39. The highest BCUT2D eigenvalue weighted by Gasteiger charge is 2.52. The standard InChI is InChI=1S/C9H5BrClF3N2O2/c1-15-7(18)5-4(11)2-3(10)6(17)16(5)8(15)9(12,13)14/h2,8H,1H3. The first-order chi connectivity index (χ1) is 8.16. The van der Waals surface area contributed by atoms with Crippen LogP contribution in [-0.2, 0) is 0 Å². The molecule has 0 aromatic carbocycles. The zero-order valence-electron chi connectivity index (χ0n) is 8.76. The van der Waals surface area contributed by atoms with Crippen molar-refractivity contribution in [2.45, 2.75) is 12.3 Å². The fourth-order valence-corrected chi connectivity index (χ4v) is 2.66. The molecule has 1 aromatic rings. The molecule has 1 aliphatic heterocycles. The van der Waals surface area contributed by atoms with Gasteiger partial charge < -0.3 is 4.90 Å². The van der Waals surface area contributed by atoms with Crippen molar-refractivity contribution in [2.24, 2.45) is 0 Å². The fraction of sp³-hybridized carbons (Fsp3) is 0.333. The van der Waals surface area contributed by atoms with Crippen LogP contribution >= 0.6 is 27.5 Å². The molecule has 1 aromatic heterocycles. The molecule has 2 heterocycles. The first kappa shape index (κ1) is 13.4. The van der Waals surface area contributed by atoms with Crippen LogP contribution in [0.3, 0.4) is 0 Å². The van der Waals surface area contributed by atoms with Crippen molar-refractivity contribution in [3.63, 3.8) is 0 Å². The molecule has 4 nitrogen and oxygen atoms in total. The van der Waals surface area contributed by atoms with Crippen LogP contribution in [0.1, 0.15) is 16.7 Å². The molecule has 0 N–H and O–H groups in total. The third-order valence-electron chi connectivity index (χ3n) is 2.57. The number of hydrogen-bond acceptors (Lipinski definition) is 2. The number of alkyl halides is 3. The second kappa shape index (κ2) is 3.99. The maximum Gasteiger partial charge on any atom is 0.428 e. The molecule has 0 saturated carbocycles. The summed E-state index contributed by atoms with van der Waals surface area (Å²) < 4.78 is 38.9. The van der Waals surface area contributed by atoms with Crippen LogP contribution in [0, 0.1) is 0 Å². The van der Waals surface area contributed by atoms with E-state index in [4.69, 9.17) is 11.6 Å². The third kappa shape index (κ3) is 1.74. The van der Waals surface area contributed by atoms with Crippen molar-refractivity contribution in [3.8, 4) is 0 Å². The number of halogens is 5. The normalized spacial score (nSPS) is 19.3. The monoisotopic (exact) mass is 344 g/mol. The zero-order valence-corrected chi connectivity index (χ0v) is 11.1. The number of rotatable bonds is 0. The van der Waals surface area contributed by atoms with Crippen LogP contribution in [0.5, 0.6) is 0 Å². The van der Waals surface area contributed by atoms with Crippen LogP contribution in [-0.4, -0.2) is 28.6 Å². The summed E-state index contributed by atoms with van der Waals surface area (Å²) in [5.74, 6) is -0.938. The highest BCUT2D eigenvalue weighted by atomic mass is 79.9. The number of hydrogen-bond donors (Lipinski definition) is 0. The summed E-state index contributed by atoms with van der Waals surface area (Å²) in [6, 6.07) is 1.11. The number of nitrogens with zero attached hydrogens (tertiary/aromatic N) is 2. The number of pyridine rings is 1. The first-order valence-corrected chi connectivity index (χ1v) is 5.77. The number of aromatic nitrogens is 1. The molecule has 1 aliphatic rings. The van der Waals surface area contributed by atoms with E-state index < -0.39 is 29.5 Å². The maximum atomic E-state index is 12.9. The highest BCUT2D eigenvalue weighted by Crippen LogP contribution is 2.39. The predicted molar refractivity (Wildman–Crippen MR) is 60.6 cm³/mol. The Labute approximate surface area is 112 Å². The number of carbonyl (C=O) groups excluding carboxylic acids is 1. The van der Waals surface area contributed by atoms with Crippen molar-refractivity contribution >= 4 is 33.4 Å². The average molecular weight is 346 g/mol. The van der Waals surface area contributed by atoms with Gasteiger partial charge in [-0.05, 0) is 22.0 Å². The van der Waals surface area contributed by atoms with E-state index in [2.05, 4.69) is 15.9 Å². The molecule has 1 amide bonds. The van der Waals surface area contributed by atoms with Gasteiger partial charge in [-0.2, -0.15) is 13.2 Å². The van der Waals surface area contributed by atoms with E-state index in [1.54, 1.807) is 0 Å². The van der Waals surface area contributed by atoms with Gasteiger partial charge in [-0.15, -0.1) is 0 Å². The van der Waals surface area contributed by atoms with Gasteiger partial charge in [0.05, 0.1) is 9.50 Å². The smallest absolute Gasteiger partial charge is 0.312 e. The van der Waals surface area contributed by atoms with Gasteiger partial charge in [0.1, 0.15) is 5.69 Å². The molecule has 1 unspecified atom stereocenters. The van der Waals surface area contributed by atoms with Crippen LogP contribution in [0.15, 0.2) is 15.3 Å². The Bertz CT molecular complexity index is 599.